The Morgan fingerprint density at radius 2 is 2.03 bits per heavy atom. The molecule has 6 heteroatoms. The number of aliphatic hydroxyl groups excluding tert-OH is 1. The second-order valence-corrected chi connectivity index (χ2v) is 7.01. The zero-order valence-corrected chi connectivity index (χ0v) is 16.6. The molecule has 4 rings (SSSR count). The van der Waals surface area contributed by atoms with Crippen LogP contribution in [0.5, 0.6) is 5.75 Å². The van der Waals surface area contributed by atoms with Crippen LogP contribution in [0.25, 0.3) is 10.9 Å². The molecule has 30 heavy (non-hydrogen) atoms. The number of aromatic nitrogens is 2. The molecule has 0 bridgehead atoms. The van der Waals surface area contributed by atoms with Gasteiger partial charge in [0, 0.05) is 36.2 Å². The largest absolute Gasteiger partial charge is 0.495 e. The predicted molar refractivity (Wildman–Crippen MR) is 116 cm³/mol. The molecule has 0 aliphatic carbocycles. The molecular formula is C24H23FN3O2. The fraction of sp³-hybridized carbons (Fsp3) is 0.167. The molecule has 1 unspecified atom stereocenters. The van der Waals surface area contributed by atoms with Crippen molar-refractivity contribution in [3.63, 3.8) is 0 Å². The second-order valence-electron chi connectivity index (χ2n) is 7.01. The van der Waals surface area contributed by atoms with Crippen LogP contribution in [0.2, 0.25) is 0 Å². The summed E-state index contributed by atoms with van der Waals surface area (Å²) in [7, 11) is 1.60. The van der Waals surface area contributed by atoms with Crippen molar-refractivity contribution >= 4 is 16.6 Å². The van der Waals surface area contributed by atoms with Crippen molar-refractivity contribution in [3.05, 3.63) is 96.0 Å². The molecule has 1 radical (unpaired) electrons. The SMILES string of the molecule is COc1cncc(NC([CH]c2c[nH]c3c(CCO)cccc23)c2ccc(F)cc2)c1. The molecule has 3 N–H and O–H groups in total. The summed E-state index contributed by atoms with van der Waals surface area (Å²) >= 11 is 0. The van der Waals surface area contributed by atoms with Gasteiger partial charge < -0.3 is 20.1 Å². The molecule has 1 atom stereocenters. The number of aromatic amines is 1. The first-order valence-electron chi connectivity index (χ1n) is 9.73. The molecule has 4 aromatic rings. The van der Waals surface area contributed by atoms with Gasteiger partial charge in [-0.05, 0) is 35.2 Å². The summed E-state index contributed by atoms with van der Waals surface area (Å²) in [5, 5.41) is 13.9. The number of aliphatic hydroxyl groups is 1. The average Bonchev–Trinajstić information content (AvgIpc) is 3.18. The van der Waals surface area contributed by atoms with Gasteiger partial charge in [0.1, 0.15) is 11.6 Å². The van der Waals surface area contributed by atoms with Crippen LogP contribution >= 0.6 is 0 Å². The fourth-order valence-corrected chi connectivity index (χ4v) is 3.57. The van der Waals surface area contributed by atoms with Crippen LogP contribution in [0.15, 0.2) is 67.1 Å². The fourth-order valence-electron chi connectivity index (χ4n) is 3.57. The summed E-state index contributed by atoms with van der Waals surface area (Å²) in [6, 6.07) is 14.1. The van der Waals surface area contributed by atoms with Crippen LogP contribution < -0.4 is 10.1 Å². The smallest absolute Gasteiger partial charge is 0.139 e. The van der Waals surface area contributed by atoms with Gasteiger partial charge in [-0.3, -0.25) is 4.98 Å². The third-order valence-electron chi connectivity index (χ3n) is 5.06. The van der Waals surface area contributed by atoms with Crippen molar-refractivity contribution < 1.29 is 14.2 Å². The zero-order valence-electron chi connectivity index (χ0n) is 16.6. The quantitative estimate of drug-likeness (QED) is 0.400. The van der Waals surface area contributed by atoms with E-state index in [0.717, 1.165) is 33.3 Å². The van der Waals surface area contributed by atoms with Gasteiger partial charge in [0.2, 0.25) is 0 Å². The van der Waals surface area contributed by atoms with E-state index in [0.29, 0.717) is 12.2 Å². The van der Waals surface area contributed by atoms with Crippen LogP contribution in [0.4, 0.5) is 10.1 Å². The van der Waals surface area contributed by atoms with E-state index in [4.69, 9.17) is 4.74 Å². The molecule has 0 fully saturated rings. The lowest BCUT2D eigenvalue weighted by molar-refractivity contribution is 0.300. The molecule has 0 aliphatic rings. The minimum atomic E-state index is -0.277. The number of halogens is 1. The molecule has 0 saturated carbocycles. The first kappa shape index (κ1) is 19.9. The van der Waals surface area contributed by atoms with Gasteiger partial charge in [-0.15, -0.1) is 0 Å². The van der Waals surface area contributed by atoms with Crippen molar-refractivity contribution in [1.82, 2.24) is 9.97 Å². The number of para-hydroxylation sites is 1. The van der Waals surface area contributed by atoms with Gasteiger partial charge in [-0.25, -0.2) is 4.39 Å². The number of pyridine rings is 1. The van der Waals surface area contributed by atoms with E-state index >= 15 is 0 Å². The van der Waals surface area contributed by atoms with E-state index in [1.165, 1.54) is 12.1 Å². The lowest BCUT2D eigenvalue weighted by Gasteiger charge is -2.20. The predicted octanol–water partition coefficient (Wildman–Crippen LogP) is 4.65. The van der Waals surface area contributed by atoms with Crippen LogP contribution in [0, 0.1) is 12.2 Å². The van der Waals surface area contributed by atoms with Gasteiger partial charge in [0.15, 0.2) is 0 Å². The maximum Gasteiger partial charge on any atom is 0.139 e. The maximum atomic E-state index is 13.5. The number of anilines is 1. The summed E-state index contributed by atoms with van der Waals surface area (Å²) in [4.78, 5) is 7.53. The van der Waals surface area contributed by atoms with E-state index in [9.17, 15) is 9.50 Å². The van der Waals surface area contributed by atoms with Crippen molar-refractivity contribution in [2.45, 2.75) is 12.5 Å². The summed E-state index contributed by atoms with van der Waals surface area (Å²) in [5.74, 6) is 0.375. The molecule has 5 nitrogen and oxygen atoms in total. The average molecular weight is 404 g/mol. The van der Waals surface area contributed by atoms with Gasteiger partial charge in [0.05, 0.1) is 31.2 Å². The number of hydrogen-bond acceptors (Lipinski definition) is 4. The summed E-state index contributed by atoms with van der Waals surface area (Å²) in [5.41, 5.74) is 4.81. The third-order valence-corrected chi connectivity index (χ3v) is 5.06. The first-order valence-corrected chi connectivity index (χ1v) is 9.73. The van der Waals surface area contributed by atoms with E-state index in [1.807, 2.05) is 30.5 Å². The molecule has 0 saturated heterocycles. The van der Waals surface area contributed by atoms with Crippen LogP contribution in [0.1, 0.15) is 22.7 Å². The summed E-state index contributed by atoms with van der Waals surface area (Å²) < 4.78 is 18.8. The molecule has 0 amide bonds. The first-order chi connectivity index (χ1) is 14.7. The number of rotatable bonds is 8. The number of benzene rings is 2. The Labute approximate surface area is 174 Å². The monoisotopic (exact) mass is 404 g/mol. The number of methoxy groups -OCH3 is 1. The number of nitrogens with zero attached hydrogens (tertiary/aromatic N) is 1. The lowest BCUT2D eigenvalue weighted by atomic mass is 9.97. The van der Waals surface area contributed by atoms with Crippen molar-refractivity contribution in [2.75, 3.05) is 19.0 Å². The van der Waals surface area contributed by atoms with Crippen LogP contribution in [-0.2, 0) is 6.42 Å². The maximum absolute atomic E-state index is 13.5. The minimum absolute atomic E-state index is 0.0970. The van der Waals surface area contributed by atoms with Gasteiger partial charge in [-0.2, -0.15) is 0 Å². The minimum Gasteiger partial charge on any atom is -0.495 e. The topological polar surface area (TPSA) is 70.2 Å². The Balaban J connectivity index is 1.68. The lowest BCUT2D eigenvalue weighted by Crippen LogP contribution is -2.12. The number of H-pyrrole nitrogens is 1. The molecule has 0 aliphatic heterocycles. The Kier molecular flexibility index (Phi) is 5.95. The number of fused-ring (bicyclic) bond motifs is 1. The van der Waals surface area contributed by atoms with Crippen molar-refractivity contribution in [2.24, 2.45) is 0 Å². The Morgan fingerprint density at radius 1 is 1.20 bits per heavy atom. The van der Waals surface area contributed by atoms with E-state index in [2.05, 4.69) is 21.7 Å². The Bertz CT molecular complexity index is 1120. The highest BCUT2D eigenvalue weighted by atomic mass is 19.1. The molecular weight excluding hydrogens is 381 g/mol. The van der Waals surface area contributed by atoms with Crippen LogP contribution in [-0.4, -0.2) is 28.8 Å². The normalized spacial score (nSPS) is 12.1. The molecule has 2 aromatic carbocycles. The van der Waals surface area contributed by atoms with Crippen molar-refractivity contribution in [3.8, 4) is 5.75 Å². The Hall–Kier alpha value is -3.38. The zero-order chi connectivity index (χ0) is 20.9. The number of ether oxygens (including phenoxy) is 1. The standard InChI is InChI=1S/C24H23FN3O2/c1-30-21-12-20(14-26-15-21)28-23(16-5-7-19(25)8-6-16)11-18-13-27-24-17(9-10-29)3-2-4-22(18)24/h2-8,11-15,23,27-29H,9-10H2,1H3. The number of hydrogen-bond donors (Lipinski definition) is 3. The van der Waals surface area contributed by atoms with E-state index < -0.39 is 0 Å². The Morgan fingerprint density at radius 3 is 2.80 bits per heavy atom. The summed E-state index contributed by atoms with van der Waals surface area (Å²) in [6.07, 6.45) is 8.00. The second kappa shape index (κ2) is 8.97. The van der Waals surface area contributed by atoms with E-state index in [1.54, 1.807) is 31.6 Å². The summed E-state index contributed by atoms with van der Waals surface area (Å²) in [6.45, 7) is 0.0970. The molecule has 2 heterocycles. The highest BCUT2D eigenvalue weighted by Crippen LogP contribution is 2.31. The van der Waals surface area contributed by atoms with Gasteiger partial charge in [-0.1, -0.05) is 30.3 Å². The number of nitrogens with one attached hydrogen (secondary N) is 2. The van der Waals surface area contributed by atoms with Gasteiger partial charge >= 0.3 is 0 Å². The molecule has 0 spiro atoms. The molecule has 153 valence electrons. The van der Waals surface area contributed by atoms with Crippen molar-refractivity contribution in [1.29, 1.82) is 0 Å². The van der Waals surface area contributed by atoms with Gasteiger partial charge in [0.25, 0.3) is 0 Å². The molecule has 2 aromatic heterocycles. The highest BCUT2D eigenvalue weighted by Gasteiger charge is 2.17. The van der Waals surface area contributed by atoms with E-state index in [-0.39, 0.29) is 18.5 Å². The third kappa shape index (κ3) is 4.28. The van der Waals surface area contributed by atoms with Crippen LogP contribution in [0.3, 0.4) is 0 Å². The highest BCUT2D eigenvalue weighted by molar-refractivity contribution is 5.87.